The molecular formula is C12H16N2OS. The van der Waals surface area contributed by atoms with E-state index in [1.165, 1.54) is 6.42 Å². The van der Waals surface area contributed by atoms with Crippen molar-refractivity contribution >= 4 is 18.2 Å². The number of carbonyl (C=O) groups is 1. The van der Waals surface area contributed by atoms with Crippen LogP contribution < -0.4 is 0 Å². The SMILES string of the molecule is CSc1ccc(C2CCCCN2C=O)cn1. The van der Waals surface area contributed by atoms with E-state index in [2.05, 4.69) is 11.1 Å². The molecule has 1 atom stereocenters. The van der Waals surface area contributed by atoms with Crippen molar-refractivity contribution in [1.29, 1.82) is 0 Å². The summed E-state index contributed by atoms with van der Waals surface area (Å²) in [7, 11) is 0. The van der Waals surface area contributed by atoms with Crippen LogP contribution in [-0.4, -0.2) is 29.1 Å². The molecule has 2 heterocycles. The first-order valence-corrected chi connectivity index (χ1v) is 6.78. The second-order valence-electron chi connectivity index (χ2n) is 3.99. The van der Waals surface area contributed by atoms with Gasteiger partial charge in [0.25, 0.3) is 0 Å². The topological polar surface area (TPSA) is 33.2 Å². The third-order valence-corrected chi connectivity index (χ3v) is 3.69. The van der Waals surface area contributed by atoms with Gasteiger partial charge in [-0.05, 0) is 37.1 Å². The largest absolute Gasteiger partial charge is 0.338 e. The third kappa shape index (κ3) is 2.38. The van der Waals surface area contributed by atoms with Crippen molar-refractivity contribution in [2.24, 2.45) is 0 Å². The first-order valence-electron chi connectivity index (χ1n) is 5.56. The van der Waals surface area contributed by atoms with Crippen molar-refractivity contribution in [2.45, 2.75) is 30.3 Å². The number of carbonyl (C=O) groups excluding carboxylic acids is 1. The van der Waals surface area contributed by atoms with Crippen molar-refractivity contribution in [3.8, 4) is 0 Å². The molecule has 0 aliphatic carbocycles. The third-order valence-electron chi connectivity index (χ3n) is 3.03. The second kappa shape index (κ2) is 5.34. The fourth-order valence-electron chi connectivity index (χ4n) is 2.15. The number of pyridine rings is 1. The Balaban J connectivity index is 2.17. The Morgan fingerprint density at radius 3 is 3.00 bits per heavy atom. The Hall–Kier alpha value is -1.03. The molecule has 2 rings (SSSR count). The molecule has 1 unspecified atom stereocenters. The van der Waals surface area contributed by atoms with Gasteiger partial charge in [0.2, 0.25) is 6.41 Å². The Morgan fingerprint density at radius 2 is 2.38 bits per heavy atom. The standard InChI is InChI=1S/C12H16N2OS/c1-16-12-6-5-10(8-13-12)11-4-2-3-7-14(11)9-15/h5-6,8-9,11H,2-4,7H2,1H3. The van der Waals surface area contributed by atoms with Crippen LogP contribution >= 0.6 is 11.8 Å². The first-order chi connectivity index (χ1) is 7.85. The predicted octanol–water partition coefficient (Wildman–Crippen LogP) is 2.49. The summed E-state index contributed by atoms with van der Waals surface area (Å²) in [6.07, 6.45) is 8.24. The quantitative estimate of drug-likeness (QED) is 0.597. The van der Waals surface area contributed by atoms with Gasteiger partial charge >= 0.3 is 0 Å². The van der Waals surface area contributed by atoms with Crippen LogP contribution in [0.5, 0.6) is 0 Å². The molecule has 0 spiro atoms. The monoisotopic (exact) mass is 236 g/mol. The Morgan fingerprint density at radius 1 is 1.50 bits per heavy atom. The number of aromatic nitrogens is 1. The van der Waals surface area contributed by atoms with Crippen LogP contribution in [0.4, 0.5) is 0 Å². The van der Waals surface area contributed by atoms with E-state index in [0.29, 0.717) is 0 Å². The van der Waals surface area contributed by atoms with Crippen LogP contribution in [-0.2, 0) is 4.79 Å². The highest BCUT2D eigenvalue weighted by Crippen LogP contribution is 2.29. The molecule has 1 aliphatic rings. The molecule has 4 heteroatoms. The van der Waals surface area contributed by atoms with Gasteiger partial charge in [-0.25, -0.2) is 4.98 Å². The van der Waals surface area contributed by atoms with Gasteiger partial charge in [0.05, 0.1) is 11.1 Å². The zero-order chi connectivity index (χ0) is 11.4. The lowest BCUT2D eigenvalue weighted by Crippen LogP contribution is -2.32. The smallest absolute Gasteiger partial charge is 0.210 e. The van der Waals surface area contributed by atoms with Crippen molar-refractivity contribution in [3.63, 3.8) is 0 Å². The van der Waals surface area contributed by atoms with E-state index >= 15 is 0 Å². The number of amides is 1. The highest BCUT2D eigenvalue weighted by molar-refractivity contribution is 7.98. The van der Waals surface area contributed by atoms with Gasteiger partial charge in [0.1, 0.15) is 0 Å². The minimum Gasteiger partial charge on any atom is -0.338 e. The highest BCUT2D eigenvalue weighted by atomic mass is 32.2. The molecule has 1 amide bonds. The van der Waals surface area contributed by atoms with Crippen LogP contribution in [0.3, 0.4) is 0 Å². The molecule has 86 valence electrons. The van der Waals surface area contributed by atoms with Crippen molar-refractivity contribution < 1.29 is 4.79 Å². The lowest BCUT2D eigenvalue weighted by Gasteiger charge is -2.32. The average Bonchev–Trinajstić information content (AvgIpc) is 2.39. The van der Waals surface area contributed by atoms with Crippen molar-refractivity contribution in [3.05, 3.63) is 23.9 Å². The van der Waals surface area contributed by atoms with E-state index in [0.717, 1.165) is 36.4 Å². The average molecular weight is 236 g/mol. The summed E-state index contributed by atoms with van der Waals surface area (Å²) < 4.78 is 0. The van der Waals surface area contributed by atoms with E-state index in [9.17, 15) is 4.79 Å². The van der Waals surface area contributed by atoms with Crippen molar-refractivity contribution in [2.75, 3.05) is 12.8 Å². The number of piperidine rings is 1. The fourth-order valence-corrected chi connectivity index (χ4v) is 2.51. The fraction of sp³-hybridized carbons (Fsp3) is 0.500. The summed E-state index contributed by atoms with van der Waals surface area (Å²) >= 11 is 1.64. The number of thioether (sulfide) groups is 1. The lowest BCUT2D eigenvalue weighted by molar-refractivity contribution is -0.121. The van der Waals surface area contributed by atoms with Crippen LogP contribution in [0, 0.1) is 0 Å². The molecule has 1 saturated heterocycles. The maximum atomic E-state index is 11.0. The second-order valence-corrected chi connectivity index (χ2v) is 4.82. The van der Waals surface area contributed by atoms with Gasteiger partial charge in [-0.15, -0.1) is 11.8 Å². The Kier molecular flexibility index (Phi) is 3.83. The van der Waals surface area contributed by atoms with Gasteiger partial charge in [0.15, 0.2) is 0 Å². The van der Waals surface area contributed by atoms with Crippen molar-refractivity contribution in [1.82, 2.24) is 9.88 Å². The first kappa shape index (κ1) is 11.5. The summed E-state index contributed by atoms with van der Waals surface area (Å²) in [5, 5.41) is 1.03. The van der Waals surface area contributed by atoms with E-state index in [1.807, 2.05) is 23.4 Å². The highest BCUT2D eigenvalue weighted by Gasteiger charge is 2.22. The summed E-state index contributed by atoms with van der Waals surface area (Å²) in [5.41, 5.74) is 1.16. The molecule has 0 radical (unpaired) electrons. The van der Waals surface area contributed by atoms with Crippen LogP contribution in [0.25, 0.3) is 0 Å². The van der Waals surface area contributed by atoms with E-state index in [4.69, 9.17) is 0 Å². The van der Waals surface area contributed by atoms with E-state index < -0.39 is 0 Å². The zero-order valence-corrected chi connectivity index (χ0v) is 10.2. The minimum absolute atomic E-state index is 0.231. The Bertz CT molecular complexity index is 353. The molecule has 1 aliphatic heterocycles. The van der Waals surface area contributed by atoms with E-state index in [1.54, 1.807) is 11.8 Å². The minimum atomic E-state index is 0.231. The van der Waals surface area contributed by atoms with Crippen LogP contribution in [0.1, 0.15) is 30.9 Å². The number of hydrogen-bond acceptors (Lipinski definition) is 3. The van der Waals surface area contributed by atoms with Gasteiger partial charge in [-0.3, -0.25) is 4.79 Å². The lowest BCUT2D eigenvalue weighted by atomic mass is 9.97. The van der Waals surface area contributed by atoms with Gasteiger partial charge in [0, 0.05) is 12.7 Å². The van der Waals surface area contributed by atoms with Crippen LogP contribution in [0.2, 0.25) is 0 Å². The molecule has 0 bridgehead atoms. The molecule has 16 heavy (non-hydrogen) atoms. The molecule has 0 N–H and O–H groups in total. The molecule has 1 aromatic rings. The molecule has 0 saturated carbocycles. The number of hydrogen-bond donors (Lipinski definition) is 0. The predicted molar refractivity (Wildman–Crippen MR) is 65.4 cm³/mol. The summed E-state index contributed by atoms with van der Waals surface area (Å²) in [5.74, 6) is 0. The zero-order valence-electron chi connectivity index (χ0n) is 9.43. The van der Waals surface area contributed by atoms with Gasteiger partial charge < -0.3 is 4.90 Å². The van der Waals surface area contributed by atoms with Crippen LogP contribution in [0.15, 0.2) is 23.4 Å². The molecule has 0 aromatic carbocycles. The number of rotatable bonds is 3. The Labute approximate surface area is 100 Å². The maximum Gasteiger partial charge on any atom is 0.210 e. The summed E-state index contributed by atoms with van der Waals surface area (Å²) in [4.78, 5) is 17.2. The van der Waals surface area contributed by atoms with Gasteiger partial charge in [-0.2, -0.15) is 0 Å². The van der Waals surface area contributed by atoms with E-state index in [-0.39, 0.29) is 6.04 Å². The number of likely N-dealkylation sites (tertiary alicyclic amines) is 1. The summed E-state index contributed by atoms with van der Waals surface area (Å²) in [6, 6.07) is 4.35. The molecular weight excluding hydrogens is 220 g/mol. The molecule has 1 aromatic heterocycles. The van der Waals surface area contributed by atoms with Gasteiger partial charge in [-0.1, -0.05) is 6.07 Å². The normalized spacial score (nSPS) is 20.8. The molecule has 3 nitrogen and oxygen atoms in total. The summed E-state index contributed by atoms with van der Waals surface area (Å²) in [6.45, 7) is 0.873. The molecule has 1 fully saturated rings. The maximum absolute atomic E-state index is 11.0. The number of nitrogens with zero attached hydrogens (tertiary/aromatic N) is 2.